The number of rotatable bonds is 4. The number of carbonyl (C=O) groups is 2. The van der Waals surface area contributed by atoms with Crippen molar-refractivity contribution in [3.05, 3.63) is 94.7 Å². The molecule has 9 heteroatoms. The van der Waals surface area contributed by atoms with Gasteiger partial charge in [0.1, 0.15) is 11.4 Å². The maximum absolute atomic E-state index is 14.0. The molecule has 0 aliphatic carbocycles. The van der Waals surface area contributed by atoms with Gasteiger partial charge in [0.25, 0.3) is 11.5 Å². The molecule has 0 aliphatic rings. The molecular weight excluding hydrogens is 451 g/mol. The van der Waals surface area contributed by atoms with Crippen LogP contribution in [0.1, 0.15) is 31.3 Å². The Labute approximate surface area is 200 Å². The van der Waals surface area contributed by atoms with E-state index in [0.717, 1.165) is 16.8 Å². The van der Waals surface area contributed by atoms with Crippen LogP contribution in [-0.4, -0.2) is 27.4 Å². The quantitative estimate of drug-likeness (QED) is 0.427. The van der Waals surface area contributed by atoms with E-state index in [9.17, 15) is 18.8 Å². The van der Waals surface area contributed by atoms with Gasteiger partial charge in [0.2, 0.25) is 0 Å². The Kier molecular flexibility index (Phi) is 6.33. The number of benzene rings is 3. The van der Waals surface area contributed by atoms with Crippen LogP contribution in [-0.2, 0) is 4.74 Å². The molecule has 178 valence electrons. The normalized spacial score (nSPS) is 11.2. The van der Waals surface area contributed by atoms with E-state index in [1.807, 2.05) is 0 Å². The molecule has 0 saturated carbocycles. The molecule has 0 fully saturated rings. The number of carbonyl (C=O) groups excluding carboxylic acids is 2. The number of nitrogens with zero attached hydrogens (tertiary/aromatic N) is 2. The Bertz CT molecular complexity index is 1480. The highest BCUT2D eigenvalue weighted by atomic mass is 19.1. The Balaban J connectivity index is 1.75. The lowest BCUT2D eigenvalue weighted by atomic mass is 10.1. The number of nitrogens with one attached hydrogen (secondary N) is 2. The molecule has 0 atom stereocenters. The number of ether oxygens (including phenoxy) is 1. The predicted molar refractivity (Wildman–Crippen MR) is 132 cm³/mol. The summed E-state index contributed by atoms with van der Waals surface area (Å²) < 4.78 is 20.4. The van der Waals surface area contributed by atoms with Crippen LogP contribution in [0.3, 0.4) is 0 Å². The molecule has 0 saturated heterocycles. The Hall–Kier alpha value is -4.53. The average Bonchev–Trinajstić information content (AvgIpc) is 2.80. The zero-order valence-corrected chi connectivity index (χ0v) is 19.3. The summed E-state index contributed by atoms with van der Waals surface area (Å²) >= 11 is 0. The number of fused-ring (bicyclic) bond motifs is 1. The predicted octanol–water partition coefficient (Wildman–Crippen LogP) is 5.12. The van der Waals surface area contributed by atoms with E-state index in [1.165, 1.54) is 6.07 Å². The van der Waals surface area contributed by atoms with Gasteiger partial charge in [-0.2, -0.15) is 9.78 Å². The summed E-state index contributed by atoms with van der Waals surface area (Å²) in [6, 6.07) is 18.8. The highest BCUT2D eigenvalue weighted by Crippen LogP contribution is 2.25. The lowest BCUT2D eigenvalue weighted by Gasteiger charge is -2.20. The number of hydrogen-bond acceptors (Lipinski definition) is 5. The number of para-hydroxylation sites is 1. The first-order valence-corrected chi connectivity index (χ1v) is 10.8. The molecule has 0 unspecified atom stereocenters. The molecule has 35 heavy (non-hydrogen) atoms. The van der Waals surface area contributed by atoms with Gasteiger partial charge < -0.3 is 10.1 Å². The van der Waals surface area contributed by atoms with Crippen LogP contribution in [0.25, 0.3) is 16.5 Å². The molecule has 4 aromatic rings. The lowest BCUT2D eigenvalue weighted by Crippen LogP contribution is -2.28. The summed E-state index contributed by atoms with van der Waals surface area (Å²) in [6.07, 6.45) is -0.763. The number of aromatic nitrogens is 2. The van der Waals surface area contributed by atoms with Crippen LogP contribution >= 0.6 is 0 Å². The first-order valence-electron chi connectivity index (χ1n) is 10.8. The summed E-state index contributed by atoms with van der Waals surface area (Å²) in [5.41, 5.74) is -0.561. The SMILES string of the molecule is CC(C)(C)OC(=O)Nc1ccc(F)cc1NC(=O)c1nn(-c2ccccc2)c(=O)c2ccccc12. The minimum absolute atomic E-state index is 0.00389. The largest absolute Gasteiger partial charge is 0.444 e. The molecule has 3 aromatic carbocycles. The average molecular weight is 474 g/mol. The van der Waals surface area contributed by atoms with Gasteiger partial charge >= 0.3 is 6.09 Å². The fourth-order valence-corrected chi connectivity index (χ4v) is 3.43. The fourth-order valence-electron chi connectivity index (χ4n) is 3.43. The molecule has 0 radical (unpaired) electrons. The molecule has 2 N–H and O–H groups in total. The molecule has 0 bridgehead atoms. The number of amides is 2. The van der Waals surface area contributed by atoms with E-state index in [2.05, 4.69) is 15.7 Å². The fraction of sp³-hybridized carbons (Fsp3) is 0.154. The summed E-state index contributed by atoms with van der Waals surface area (Å²) in [7, 11) is 0. The minimum atomic E-state index is -0.763. The third-order valence-corrected chi connectivity index (χ3v) is 4.89. The molecule has 4 rings (SSSR count). The standard InChI is InChI=1S/C26H23FN4O4/c1-26(2,3)35-25(34)29-20-14-13-16(27)15-21(20)28-23(32)22-18-11-7-8-12-19(18)24(33)31(30-22)17-9-5-4-6-10-17/h4-15H,1-3H3,(H,28,32)(H,29,34). The van der Waals surface area contributed by atoms with Crippen molar-refractivity contribution in [1.29, 1.82) is 0 Å². The maximum Gasteiger partial charge on any atom is 0.412 e. The second kappa shape index (κ2) is 9.38. The first kappa shape index (κ1) is 23.6. The van der Waals surface area contributed by atoms with Crippen molar-refractivity contribution >= 4 is 34.1 Å². The van der Waals surface area contributed by atoms with Crippen LogP contribution in [0.5, 0.6) is 0 Å². The Morgan fingerprint density at radius 2 is 1.54 bits per heavy atom. The van der Waals surface area contributed by atoms with E-state index in [1.54, 1.807) is 75.4 Å². The number of anilines is 2. The van der Waals surface area contributed by atoms with Gasteiger partial charge in [-0.25, -0.2) is 9.18 Å². The van der Waals surface area contributed by atoms with Crippen LogP contribution in [0.15, 0.2) is 77.6 Å². The molecule has 2 amide bonds. The second-order valence-electron chi connectivity index (χ2n) is 8.72. The van der Waals surface area contributed by atoms with Crippen molar-refractivity contribution in [2.75, 3.05) is 10.6 Å². The van der Waals surface area contributed by atoms with Crippen LogP contribution in [0, 0.1) is 5.82 Å². The van der Waals surface area contributed by atoms with Gasteiger partial charge in [0, 0.05) is 5.39 Å². The molecule has 8 nitrogen and oxygen atoms in total. The van der Waals surface area contributed by atoms with E-state index in [4.69, 9.17) is 4.74 Å². The van der Waals surface area contributed by atoms with Crippen molar-refractivity contribution in [3.63, 3.8) is 0 Å². The Morgan fingerprint density at radius 3 is 2.23 bits per heavy atom. The zero-order chi connectivity index (χ0) is 25.2. The number of hydrogen-bond donors (Lipinski definition) is 2. The van der Waals surface area contributed by atoms with Gasteiger partial charge in [0.05, 0.1) is 22.4 Å². The van der Waals surface area contributed by atoms with Gasteiger partial charge in [-0.3, -0.25) is 14.9 Å². The summed E-state index contributed by atoms with van der Waals surface area (Å²) in [5, 5.41) is 10.1. The van der Waals surface area contributed by atoms with Crippen molar-refractivity contribution in [1.82, 2.24) is 9.78 Å². The molecule has 0 aliphatic heterocycles. The van der Waals surface area contributed by atoms with Crippen LogP contribution in [0.4, 0.5) is 20.6 Å². The van der Waals surface area contributed by atoms with Crippen molar-refractivity contribution in [3.8, 4) is 5.69 Å². The molecule has 1 aromatic heterocycles. The van der Waals surface area contributed by atoms with E-state index < -0.39 is 23.4 Å². The van der Waals surface area contributed by atoms with Crippen molar-refractivity contribution in [2.45, 2.75) is 26.4 Å². The number of halogens is 1. The first-order chi connectivity index (χ1) is 16.6. The molecule has 1 heterocycles. The Morgan fingerprint density at radius 1 is 0.886 bits per heavy atom. The van der Waals surface area contributed by atoms with Crippen molar-refractivity contribution < 1.29 is 18.7 Å². The van der Waals surface area contributed by atoms with Crippen molar-refractivity contribution in [2.24, 2.45) is 0 Å². The van der Waals surface area contributed by atoms with Crippen LogP contribution in [0.2, 0.25) is 0 Å². The minimum Gasteiger partial charge on any atom is -0.444 e. The third-order valence-electron chi connectivity index (χ3n) is 4.89. The van der Waals surface area contributed by atoms with Gasteiger partial charge in [-0.05, 0) is 57.2 Å². The summed E-state index contributed by atoms with van der Waals surface area (Å²) in [4.78, 5) is 38.6. The summed E-state index contributed by atoms with van der Waals surface area (Å²) in [5.74, 6) is -1.31. The second-order valence-corrected chi connectivity index (χ2v) is 8.72. The smallest absolute Gasteiger partial charge is 0.412 e. The van der Waals surface area contributed by atoms with Gasteiger partial charge in [-0.1, -0.05) is 36.4 Å². The zero-order valence-electron chi connectivity index (χ0n) is 19.3. The third kappa shape index (κ3) is 5.35. The highest BCUT2D eigenvalue weighted by Gasteiger charge is 2.21. The van der Waals surface area contributed by atoms with E-state index in [0.29, 0.717) is 16.5 Å². The van der Waals surface area contributed by atoms with Crippen LogP contribution < -0.4 is 16.2 Å². The maximum atomic E-state index is 14.0. The van der Waals surface area contributed by atoms with Gasteiger partial charge in [0.15, 0.2) is 5.69 Å². The van der Waals surface area contributed by atoms with Gasteiger partial charge in [-0.15, -0.1) is 0 Å². The summed E-state index contributed by atoms with van der Waals surface area (Å²) in [6.45, 7) is 5.12. The molecular formula is C26H23FN4O4. The molecule has 0 spiro atoms. The van der Waals surface area contributed by atoms with E-state index in [-0.39, 0.29) is 22.6 Å². The topological polar surface area (TPSA) is 102 Å². The lowest BCUT2D eigenvalue weighted by molar-refractivity contribution is 0.0635. The monoisotopic (exact) mass is 474 g/mol. The van der Waals surface area contributed by atoms with E-state index >= 15 is 0 Å². The highest BCUT2D eigenvalue weighted by molar-refractivity contribution is 6.12.